The Bertz CT molecular complexity index is 1230. The maximum atomic E-state index is 16.1. The minimum Gasteiger partial charge on any atom is -0.394 e. The van der Waals surface area contributed by atoms with E-state index < -0.39 is 30.7 Å². The molecular weight excluding hydrogens is 457 g/mol. The summed E-state index contributed by atoms with van der Waals surface area (Å²) in [5.41, 5.74) is 13.8. The number of ether oxygens (including phenoxy) is 2. The Morgan fingerprint density at radius 1 is 1.48 bits per heavy atom. The maximum Gasteiger partial charge on any atom is 0.224 e. The Kier molecular flexibility index (Phi) is 6.23. The first-order valence-electron chi connectivity index (χ1n) is 9.88. The highest BCUT2D eigenvalue weighted by molar-refractivity contribution is 6.33. The van der Waals surface area contributed by atoms with Crippen LogP contribution in [-0.4, -0.2) is 56.2 Å². The number of halogens is 2. The summed E-state index contributed by atoms with van der Waals surface area (Å²) in [6, 6.07) is 4.74. The second-order valence-electron chi connectivity index (χ2n) is 7.57. The van der Waals surface area contributed by atoms with Crippen molar-refractivity contribution in [1.82, 2.24) is 19.5 Å². The number of hydrogen-bond donors (Lipinski definition) is 3. The number of nitrogens with zero attached hydrogens (tertiary/aromatic N) is 7. The number of benzene rings is 1. The summed E-state index contributed by atoms with van der Waals surface area (Å²) in [6.45, 7) is 0.838. The standard InChI is InChI=1S/C19H21ClFN9O3/c1-19(21)14(32-7-9-3-4-11(28-29-23)10(20)5-9)12(6-31)33-17(19)30-8-25-13-15(24-2)26-18(22)27-16(13)30/h3-5,8,12,14,17,31H,6-7H2,1-2H3,(H3,22,24,26,27)/t12-,14-,17-,19-/m1/s1. The number of fused-ring (bicyclic) bond motifs is 1. The molecule has 1 fully saturated rings. The van der Waals surface area contributed by atoms with E-state index in [0.29, 0.717) is 16.9 Å². The number of rotatable bonds is 7. The maximum absolute atomic E-state index is 16.1. The van der Waals surface area contributed by atoms with E-state index in [-0.39, 0.29) is 28.9 Å². The van der Waals surface area contributed by atoms with Crippen molar-refractivity contribution in [3.05, 3.63) is 45.6 Å². The van der Waals surface area contributed by atoms with Crippen LogP contribution in [0.25, 0.3) is 21.6 Å². The van der Waals surface area contributed by atoms with Gasteiger partial charge in [0.1, 0.15) is 12.2 Å². The highest BCUT2D eigenvalue weighted by Gasteiger charge is 2.56. The van der Waals surface area contributed by atoms with Gasteiger partial charge >= 0.3 is 0 Å². The van der Waals surface area contributed by atoms with Gasteiger partial charge in [0.25, 0.3) is 0 Å². The second kappa shape index (κ2) is 8.96. The molecule has 1 aliphatic rings. The van der Waals surface area contributed by atoms with Gasteiger partial charge in [-0.1, -0.05) is 28.8 Å². The largest absolute Gasteiger partial charge is 0.394 e. The number of aliphatic hydroxyl groups is 1. The molecule has 1 aliphatic heterocycles. The summed E-state index contributed by atoms with van der Waals surface area (Å²) in [7, 11) is 1.66. The highest BCUT2D eigenvalue weighted by atomic mass is 35.5. The van der Waals surface area contributed by atoms with Gasteiger partial charge in [0, 0.05) is 12.0 Å². The molecule has 3 heterocycles. The van der Waals surface area contributed by atoms with Crippen LogP contribution in [0.15, 0.2) is 29.6 Å². The number of nitrogens with two attached hydrogens (primary N) is 1. The topological polar surface area (TPSA) is 169 Å². The van der Waals surface area contributed by atoms with Crippen molar-refractivity contribution in [3.8, 4) is 0 Å². The van der Waals surface area contributed by atoms with Crippen molar-refractivity contribution in [2.45, 2.75) is 37.6 Å². The number of aliphatic hydroxyl groups excluding tert-OH is 1. The lowest BCUT2D eigenvalue weighted by Gasteiger charge is -2.28. The van der Waals surface area contributed by atoms with Crippen LogP contribution in [0.2, 0.25) is 5.02 Å². The Balaban J connectivity index is 1.61. The Morgan fingerprint density at radius 2 is 2.27 bits per heavy atom. The van der Waals surface area contributed by atoms with Crippen LogP contribution in [0.4, 0.5) is 21.8 Å². The number of azide groups is 1. The molecule has 0 aliphatic carbocycles. The van der Waals surface area contributed by atoms with E-state index in [1.807, 2.05) is 0 Å². The van der Waals surface area contributed by atoms with Crippen molar-refractivity contribution < 1.29 is 19.0 Å². The average molecular weight is 478 g/mol. The van der Waals surface area contributed by atoms with Gasteiger partial charge in [-0.2, -0.15) is 9.97 Å². The van der Waals surface area contributed by atoms with Gasteiger partial charge in [0.2, 0.25) is 5.95 Å². The monoisotopic (exact) mass is 477 g/mol. The molecule has 14 heteroatoms. The molecule has 12 nitrogen and oxygen atoms in total. The second-order valence-corrected chi connectivity index (χ2v) is 7.98. The summed E-state index contributed by atoms with van der Waals surface area (Å²) >= 11 is 6.10. The molecule has 0 saturated carbocycles. The van der Waals surface area contributed by atoms with Crippen LogP contribution in [0.3, 0.4) is 0 Å². The Labute approximate surface area is 192 Å². The van der Waals surface area contributed by atoms with Gasteiger partial charge in [0.05, 0.1) is 30.3 Å². The first-order valence-corrected chi connectivity index (χ1v) is 10.3. The molecule has 2 aromatic heterocycles. The van der Waals surface area contributed by atoms with Gasteiger partial charge in [-0.05, 0) is 24.1 Å². The fourth-order valence-electron chi connectivity index (χ4n) is 3.86. The lowest BCUT2D eigenvalue weighted by atomic mass is 9.98. The minimum absolute atomic E-state index is 0.0141. The van der Waals surface area contributed by atoms with E-state index in [0.717, 1.165) is 0 Å². The molecule has 4 N–H and O–H groups in total. The molecule has 0 bridgehead atoms. The summed E-state index contributed by atoms with van der Waals surface area (Å²) in [5, 5.41) is 16.4. The van der Waals surface area contributed by atoms with Crippen LogP contribution >= 0.6 is 11.6 Å². The molecule has 0 amide bonds. The van der Waals surface area contributed by atoms with Gasteiger partial charge in [0.15, 0.2) is 28.9 Å². The zero-order valence-corrected chi connectivity index (χ0v) is 18.4. The van der Waals surface area contributed by atoms with E-state index in [4.69, 9.17) is 32.3 Å². The van der Waals surface area contributed by atoms with Gasteiger partial charge in [-0.25, -0.2) is 9.37 Å². The highest BCUT2D eigenvalue weighted by Crippen LogP contribution is 2.44. The van der Waals surface area contributed by atoms with Gasteiger partial charge in [-0.15, -0.1) is 0 Å². The Morgan fingerprint density at radius 3 is 2.94 bits per heavy atom. The fraction of sp³-hybridized carbons (Fsp3) is 0.421. The van der Waals surface area contributed by atoms with E-state index in [2.05, 4.69) is 30.3 Å². The number of anilines is 2. The minimum atomic E-state index is -2.07. The molecule has 174 valence electrons. The third kappa shape index (κ3) is 4.12. The van der Waals surface area contributed by atoms with Crippen LogP contribution in [0.5, 0.6) is 0 Å². The van der Waals surface area contributed by atoms with Crippen LogP contribution in [-0.2, 0) is 16.1 Å². The van der Waals surface area contributed by atoms with E-state index in [9.17, 15) is 5.11 Å². The van der Waals surface area contributed by atoms with Crippen molar-refractivity contribution in [1.29, 1.82) is 0 Å². The smallest absolute Gasteiger partial charge is 0.224 e. The van der Waals surface area contributed by atoms with E-state index >= 15 is 4.39 Å². The molecule has 0 radical (unpaired) electrons. The quantitative estimate of drug-likeness (QED) is 0.264. The van der Waals surface area contributed by atoms with E-state index in [1.54, 1.807) is 19.2 Å². The number of hydrogen-bond acceptors (Lipinski definition) is 9. The van der Waals surface area contributed by atoms with Crippen LogP contribution in [0.1, 0.15) is 18.7 Å². The lowest BCUT2D eigenvalue weighted by molar-refractivity contribution is -0.0675. The molecule has 0 unspecified atom stereocenters. The van der Waals surface area contributed by atoms with Crippen molar-refractivity contribution in [2.75, 3.05) is 24.7 Å². The fourth-order valence-corrected chi connectivity index (χ4v) is 4.10. The first kappa shape index (κ1) is 23.0. The van der Waals surface area contributed by atoms with Crippen molar-refractivity contribution in [2.24, 2.45) is 5.11 Å². The summed E-state index contributed by atoms with van der Waals surface area (Å²) in [5.74, 6) is 0.377. The molecular formula is C19H21ClFN9O3. The third-order valence-electron chi connectivity index (χ3n) is 5.38. The van der Waals surface area contributed by atoms with Crippen LogP contribution < -0.4 is 11.1 Å². The van der Waals surface area contributed by atoms with Gasteiger partial charge in [-0.3, -0.25) is 4.57 Å². The zero-order chi connectivity index (χ0) is 23.8. The predicted octanol–water partition coefficient (Wildman–Crippen LogP) is 3.25. The van der Waals surface area contributed by atoms with E-state index in [1.165, 1.54) is 23.9 Å². The average Bonchev–Trinajstić information content (AvgIpc) is 3.30. The van der Waals surface area contributed by atoms with Crippen molar-refractivity contribution >= 4 is 40.2 Å². The zero-order valence-electron chi connectivity index (χ0n) is 17.7. The molecule has 3 aromatic rings. The number of aromatic nitrogens is 4. The molecule has 1 saturated heterocycles. The molecule has 1 aromatic carbocycles. The molecule has 4 rings (SSSR count). The number of alkyl halides is 1. The van der Waals surface area contributed by atoms with Crippen LogP contribution in [0, 0.1) is 0 Å². The van der Waals surface area contributed by atoms with Crippen molar-refractivity contribution in [3.63, 3.8) is 0 Å². The van der Waals surface area contributed by atoms with Gasteiger partial charge < -0.3 is 25.6 Å². The summed E-state index contributed by atoms with van der Waals surface area (Å²) < 4.78 is 29.2. The molecule has 4 atom stereocenters. The normalized spacial score (nSPS) is 24.7. The number of nitrogens with one attached hydrogen (secondary N) is 1. The first-order chi connectivity index (χ1) is 15.8. The molecule has 0 spiro atoms. The number of imidazole rings is 1. The summed E-state index contributed by atoms with van der Waals surface area (Å²) in [4.78, 5) is 15.2. The Hall–Kier alpha value is -3.22. The third-order valence-corrected chi connectivity index (χ3v) is 5.69. The molecule has 33 heavy (non-hydrogen) atoms. The predicted molar refractivity (Wildman–Crippen MR) is 119 cm³/mol. The summed E-state index contributed by atoms with van der Waals surface area (Å²) in [6.07, 6.45) is -1.89. The lowest BCUT2D eigenvalue weighted by Crippen LogP contribution is -2.42. The number of nitrogen functional groups attached to an aromatic ring is 1. The SMILES string of the molecule is CNc1nc(N)nc2c1ncn2[C@@H]1O[C@H](CO)[C@@H](OCc2ccc(N=[N+]=[N-])c(Cl)c2)[C@@]1(C)F.